The van der Waals surface area contributed by atoms with Gasteiger partial charge in [0.05, 0.1) is 6.61 Å². The van der Waals surface area contributed by atoms with Gasteiger partial charge in [-0.2, -0.15) is 0 Å². The molecule has 1 heterocycles. The summed E-state index contributed by atoms with van der Waals surface area (Å²) in [5.41, 5.74) is 1.23. The standard InChI is InChI=1S/C16H22N2O2/c19-10-14-15(11-5-2-1-3-6-11)13(18-14)9-17-16(20)12-7-4-8-12/h1-3,5-6,12-15,18-19H,4,7-10H2,(H,17,20)/t13-,14-,15-/m1/s1. The van der Waals surface area contributed by atoms with Gasteiger partial charge in [0, 0.05) is 30.5 Å². The lowest BCUT2D eigenvalue weighted by Gasteiger charge is -2.46. The molecule has 108 valence electrons. The molecule has 1 aliphatic carbocycles. The van der Waals surface area contributed by atoms with Crippen LogP contribution < -0.4 is 10.6 Å². The molecular formula is C16H22N2O2. The van der Waals surface area contributed by atoms with Crippen LogP contribution in [0.4, 0.5) is 0 Å². The van der Waals surface area contributed by atoms with E-state index in [1.54, 1.807) is 0 Å². The fraction of sp³-hybridized carbons (Fsp3) is 0.562. The molecule has 0 aromatic heterocycles. The van der Waals surface area contributed by atoms with E-state index < -0.39 is 0 Å². The van der Waals surface area contributed by atoms with Gasteiger partial charge in [0.2, 0.25) is 5.91 Å². The zero-order chi connectivity index (χ0) is 13.9. The maximum atomic E-state index is 11.9. The minimum absolute atomic E-state index is 0.100. The van der Waals surface area contributed by atoms with Gasteiger partial charge in [-0.3, -0.25) is 4.79 Å². The molecule has 1 aliphatic heterocycles. The van der Waals surface area contributed by atoms with Gasteiger partial charge >= 0.3 is 0 Å². The number of hydrogen-bond donors (Lipinski definition) is 3. The predicted molar refractivity (Wildman–Crippen MR) is 77.3 cm³/mol. The van der Waals surface area contributed by atoms with Crippen molar-refractivity contribution in [1.29, 1.82) is 0 Å². The molecule has 0 radical (unpaired) electrons. The second kappa shape index (κ2) is 5.94. The van der Waals surface area contributed by atoms with Crippen molar-refractivity contribution in [3.8, 4) is 0 Å². The van der Waals surface area contributed by atoms with E-state index >= 15 is 0 Å². The molecule has 1 amide bonds. The van der Waals surface area contributed by atoms with E-state index in [1.165, 1.54) is 12.0 Å². The summed E-state index contributed by atoms with van der Waals surface area (Å²) in [6.45, 7) is 0.776. The molecule has 2 aliphatic rings. The minimum Gasteiger partial charge on any atom is -0.395 e. The Morgan fingerprint density at radius 2 is 2.00 bits per heavy atom. The Morgan fingerprint density at radius 1 is 1.25 bits per heavy atom. The number of amides is 1. The highest BCUT2D eigenvalue weighted by Crippen LogP contribution is 2.32. The van der Waals surface area contributed by atoms with Gasteiger partial charge in [-0.25, -0.2) is 0 Å². The topological polar surface area (TPSA) is 61.4 Å². The summed E-state index contributed by atoms with van der Waals surface area (Å²) in [7, 11) is 0. The highest BCUT2D eigenvalue weighted by molar-refractivity contribution is 5.79. The fourth-order valence-corrected chi connectivity index (χ4v) is 3.16. The third-order valence-electron chi connectivity index (χ3n) is 4.65. The second-order valence-corrected chi connectivity index (χ2v) is 5.87. The SMILES string of the molecule is O=C(NC[C@H]1N[C@H](CO)[C@@H]1c1ccccc1)C1CCC1. The Labute approximate surface area is 119 Å². The Balaban J connectivity index is 1.57. The van der Waals surface area contributed by atoms with Crippen molar-refractivity contribution in [1.82, 2.24) is 10.6 Å². The van der Waals surface area contributed by atoms with Crippen molar-refractivity contribution >= 4 is 5.91 Å². The first-order valence-electron chi connectivity index (χ1n) is 7.49. The van der Waals surface area contributed by atoms with E-state index in [2.05, 4.69) is 22.8 Å². The molecule has 1 saturated heterocycles. The summed E-state index contributed by atoms with van der Waals surface area (Å²) in [5.74, 6) is 0.707. The van der Waals surface area contributed by atoms with Gasteiger partial charge in [-0.15, -0.1) is 0 Å². The van der Waals surface area contributed by atoms with E-state index in [0.29, 0.717) is 6.54 Å². The molecule has 3 atom stereocenters. The molecule has 4 heteroatoms. The summed E-state index contributed by atoms with van der Waals surface area (Å²) >= 11 is 0. The Kier molecular flexibility index (Phi) is 4.03. The average molecular weight is 274 g/mol. The van der Waals surface area contributed by atoms with Crippen LogP contribution in [0.3, 0.4) is 0 Å². The van der Waals surface area contributed by atoms with Gasteiger partial charge < -0.3 is 15.7 Å². The summed E-state index contributed by atoms with van der Waals surface area (Å²) in [5, 5.41) is 15.8. The van der Waals surface area contributed by atoms with Crippen LogP contribution in [0.15, 0.2) is 30.3 Å². The summed E-state index contributed by atoms with van der Waals surface area (Å²) < 4.78 is 0. The molecule has 0 spiro atoms. The van der Waals surface area contributed by atoms with Gasteiger partial charge in [0.15, 0.2) is 0 Å². The number of hydrogen-bond acceptors (Lipinski definition) is 3. The first-order valence-corrected chi connectivity index (χ1v) is 7.49. The molecule has 4 nitrogen and oxygen atoms in total. The van der Waals surface area contributed by atoms with E-state index in [-0.39, 0.29) is 36.4 Å². The Bertz CT molecular complexity index is 459. The van der Waals surface area contributed by atoms with Crippen LogP contribution in [0.2, 0.25) is 0 Å². The van der Waals surface area contributed by atoms with Gasteiger partial charge in [0.25, 0.3) is 0 Å². The molecule has 1 aromatic rings. The first kappa shape index (κ1) is 13.6. The van der Waals surface area contributed by atoms with Crippen molar-refractivity contribution in [2.24, 2.45) is 5.92 Å². The minimum atomic E-state index is 0.100. The van der Waals surface area contributed by atoms with Crippen molar-refractivity contribution in [2.75, 3.05) is 13.2 Å². The summed E-state index contributed by atoms with van der Waals surface area (Å²) in [6.07, 6.45) is 3.25. The van der Waals surface area contributed by atoms with Crippen molar-refractivity contribution in [3.63, 3.8) is 0 Å². The molecule has 2 fully saturated rings. The highest BCUT2D eigenvalue weighted by atomic mass is 16.3. The van der Waals surface area contributed by atoms with Crippen LogP contribution in [0, 0.1) is 5.92 Å². The zero-order valence-corrected chi connectivity index (χ0v) is 11.6. The summed E-state index contributed by atoms with van der Waals surface area (Å²) in [6, 6.07) is 10.5. The monoisotopic (exact) mass is 274 g/mol. The predicted octanol–water partition coefficient (Wildman–Crippen LogP) is 1.02. The molecular weight excluding hydrogens is 252 g/mol. The Hall–Kier alpha value is -1.39. The maximum absolute atomic E-state index is 11.9. The van der Waals surface area contributed by atoms with E-state index in [4.69, 9.17) is 0 Å². The largest absolute Gasteiger partial charge is 0.395 e. The average Bonchev–Trinajstić information content (AvgIpc) is 2.37. The van der Waals surface area contributed by atoms with Crippen molar-refractivity contribution < 1.29 is 9.90 Å². The number of nitrogens with one attached hydrogen (secondary N) is 2. The number of aliphatic hydroxyl groups excluding tert-OH is 1. The van der Waals surface area contributed by atoms with Crippen LogP contribution in [-0.4, -0.2) is 36.2 Å². The molecule has 20 heavy (non-hydrogen) atoms. The molecule has 0 bridgehead atoms. The number of carbonyl (C=O) groups is 1. The van der Waals surface area contributed by atoms with Gasteiger partial charge in [-0.05, 0) is 18.4 Å². The van der Waals surface area contributed by atoms with Crippen LogP contribution in [0.1, 0.15) is 30.7 Å². The lowest BCUT2D eigenvalue weighted by molar-refractivity contribution is -0.127. The molecule has 1 aromatic carbocycles. The van der Waals surface area contributed by atoms with Crippen LogP contribution in [-0.2, 0) is 4.79 Å². The summed E-state index contributed by atoms with van der Waals surface area (Å²) in [4.78, 5) is 11.9. The lowest BCUT2D eigenvalue weighted by Crippen LogP contribution is -2.65. The van der Waals surface area contributed by atoms with E-state index in [9.17, 15) is 9.90 Å². The molecule has 1 saturated carbocycles. The number of aliphatic hydroxyl groups is 1. The van der Waals surface area contributed by atoms with Crippen molar-refractivity contribution in [3.05, 3.63) is 35.9 Å². The Morgan fingerprint density at radius 3 is 2.60 bits per heavy atom. The van der Waals surface area contributed by atoms with Crippen LogP contribution >= 0.6 is 0 Å². The lowest BCUT2D eigenvalue weighted by atomic mass is 9.77. The first-order chi connectivity index (χ1) is 9.79. The number of rotatable bonds is 5. The maximum Gasteiger partial charge on any atom is 0.223 e. The number of benzene rings is 1. The highest BCUT2D eigenvalue weighted by Gasteiger charge is 2.41. The van der Waals surface area contributed by atoms with E-state index in [0.717, 1.165) is 12.8 Å². The number of carbonyl (C=O) groups excluding carboxylic acids is 1. The molecule has 0 unspecified atom stereocenters. The van der Waals surface area contributed by atoms with Gasteiger partial charge in [0.1, 0.15) is 0 Å². The quantitative estimate of drug-likeness (QED) is 0.751. The third-order valence-corrected chi connectivity index (χ3v) is 4.65. The van der Waals surface area contributed by atoms with Crippen LogP contribution in [0.5, 0.6) is 0 Å². The normalized spacial score (nSPS) is 29.4. The zero-order valence-electron chi connectivity index (χ0n) is 11.6. The third kappa shape index (κ3) is 2.58. The smallest absolute Gasteiger partial charge is 0.223 e. The molecule has 3 rings (SSSR count). The van der Waals surface area contributed by atoms with E-state index in [1.807, 2.05) is 18.2 Å². The molecule has 3 N–H and O–H groups in total. The second-order valence-electron chi connectivity index (χ2n) is 5.87. The van der Waals surface area contributed by atoms with Crippen LogP contribution in [0.25, 0.3) is 0 Å². The fourth-order valence-electron chi connectivity index (χ4n) is 3.16. The van der Waals surface area contributed by atoms with Gasteiger partial charge in [-0.1, -0.05) is 36.8 Å². The van der Waals surface area contributed by atoms with Crippen molar-refractivity contribution in [2.45, 2.75) is 37.3 Å².